The second kappa shape index (κ2) is 10.3. The predicted octanol–water partition coefficient (Wildman–Crippen LogP) is 2.25. The summed E-state index contributed by atoms with van der Waals surface area (Å²) in [6, 6.07) is 4.66. The summed E-state index contributed by atoms with van der Waals surface area (Å²) in [5.41, 5.74) is 5.95. The fourth-order valence-corrected chi connectivity index (χ4v) is 6.08. The van der Waals surface area contributed by atoms with E-state index in [0.29, 0.717) is 56.2 Å². The summed E-state index contributed by atoms with van der Waals surface area (Å²) in [7, 11) is 0. The van der Waals surface area contributed by atoms with E-state index in [-0.39, 0.29) is 29.6 Å². The Morgan fingerprint density at radius 2 is 1.89 bits per heavy atom. The molecule has 1 aromatic carbocycles. The van der Waals surface area contributed by atoms with Crippen molar-refractivity contribution in [1.82, 2.24) is 20.7 Å². The number of azo groups is 1. The maximum absolute atomic E-state index is 13.7. The number of nitrogens with one attached hydrogen (secondary N) is 3. The monoisotopic (exact) mass is 507 g/mol. The van der Waals surface area contributed by atoms with Gasteiger partial charge in [-0.1, -0.05) is 12.1 Å². The zero-order valence-electron chi connectivity index (χ0n) is 20.9. The Bertz CT molecular complexity index is 1150. The second-order valence-corrected chi connectivity index (χ2v) is 10.3. The molecule has 11 nitrogen and oxygen atoms in total. The lowest BCUT2D eigenvalue weighted by Crippen LogP contribution is -2.49. The van der Waals surface area contributed by atoms with Crippen LogP contribution >= 0.6 is 0 Å². The van der Waals surface area contributed by atoms with Crippen molar-refractivity contribution in [3.05, 3.63) is 40.6 Å². The van der Waals surface area contributed by atoms with Crippen molar-refractivity contribution in [1.29, 1.82) is 0 Å². The van der Waals surface area contributed by atoms with Crippen LogP contribution in [0.3, 0.4) is 0 Å². The van der Waals surface area contributed by atoms with E-state index in [1.165, 1.54) is 0 Å². The van der Waals surface area contributed by atoms with Crippen molar-refractivity contribution >= 4 is 23.4 Å². The molecule has 3 amide bonds. The molecule has 0 aromatic heterocycles. The molecule has 0 spiro atoms. The molecule has 4 aliphatic heterocycles. The van der Waals surface area contributed by atoms with E-state index in [4.69, 9.17) is 4.74 Å². The minimum absolute atomic E-state index is 0.0696. The number of Topliss-reactive ketones (excluding diaryl/α,β-unsaturated/α-hetero) is 1. The summed E-state index contributed by atoms with van der Waals surface area (Å²) in [5, 5.41) is 16.9. The summed E-state index contributed by atoms with van der Waals surface area (Å²) >= 11 is 0. The minimum atomic E-state index is -0.422. The Morgan fingerprint density at radius 3 is 2.65 bits per heavy atom. The molecule has 3 saturated heterocycles. The highest BCUT2D eigenvalue weighted by atomic mass is 16.5. The van der Waals surface area contributed by atoms with Gasteiger partial charge in [-0.25, -0.2) is 9.80 Å². The molecule has 37 heavy (non-hydrogen) atoms. The second-order valence-electron chi connectivity index (χ2n) is 10.3. The first-order chi connectivity index (χ1) is 18.1. The normalized spacial score (nSPS) is 26.3. The summed E-state index contributed by atoms with van der Waals surface area (Å²) in [4.78, 5) is 41.2. The topological polar surface area (TPSA) is 128 Å². The Kier molecular flexibility index (Phi) is 6.74. The number of ketones is 1. The van der Waals surface area contributed by atoms with Crippen molar-refractivity contribution in [2.45, 2.75) is 31.7 Å². The molecule has 4 heterocycles. The van der Waals surface area contributed by atoms with E-state index in [9.17, 15) is 14.4 Å². The van der Waals surface area contributed by atoms with Crippen LogP contribution in [0.15, 0.2) is 39.7 Å². The van der Waals surface area contributed by atoms with Crippen molar-refractivity contribution in [3.8, 4) is 0 Å². The summed E-state index contributed by atoms with van der Waals surface area (Å²) < 4.78 is 5.32. The molecule has 3 N–H and O–H groups in total. The van der Waals surface area contributed by atoms with E-state index < -0.39 is 6.04 Å². The van der Waals surface area contributed by atoms with Crippen LogP contribution < -0.4 is 16.1 Å². The molecular weight excluding hydrogens is 474 g/mol. The maximum atomic E-state index is 13.7. The molecule has 11 heteroatoms. The quantitative estimate of drug-likeness (QED) is 0.574. The van der Waals surface area contributed by atoms with Crippen LogP contribution in [0.4, 0.5) is 10.5 Å². The summed E-state index contributed by atoms with van der Waals surface area (Å²) in [5.74, 6) is 0.287. The molecule has 6 rings (SSSR count). The standard InChI is InChI=1S/C26H33N7O4/c34-24-20-18(4-1-5-19(20)28-26(36)31-33-11-13-37-14-12-33)23-21(24)22(29-30-23)16-6-9-32(10-7-16)25(35)17-3-2-8-27-15-17/h1,4-5,16-17,23,27H,2-3,6-15H2,(H2,28,31,36). The molecule has 2 atom stereocenters. The SMILES string of the molecule is O=C(Nc1cccc2c1C(=O)C1=C(C3CCN(C(=O)C4CCCNC4)CC3)N=NC12)NN1CCOCC1. The van der Waals surface area contributed by atoms with Gasteiger partial charge in [0.25, 0.3) is 0 Å². The number of morpholine rings is 1. The van der Waals surface area contributed by atoms with Crippen LogP contribution in [0.5, 0.6) is 0 Å². The number of ether oxygens (including phenoxy) is 1. The van der Waals surface area contributed by atoms with Gasteiger partial charge in [-0.3, -0.25) is 15.0 Å². The van der Waals surface area contributed by atoms with Crippen molar-refractivity contribution < 1.29 is 19.1 Å². The zero-order chi connectivity index (χ0) is 25.4. The van der Waals surface area contributed by atoms with Crippen LogP contribution in [0, 0.1) is 11.8 Å². The largest absolute Gasteiger partial charge is 0.379 e. The number of piperidine rings is 2. The Balaban J connectivity index is 1.14. The van der Waals surface area contributed by atoms with Crippen LogP contribution in [0.2, 0.25) is 0 Å². The van der Waals surface area contributed by atoms with Crippen molar-refractivity contribution in [2.75, 3.05) is 57.8 Å². The highest BCUT2D eigenvalue weighted by Crippen LogP contribution is 2.49. The predicted molar refractivity (Wildman–Crippen MR) is 135 cm³/mol. The van der Waals surface area contributed by atoms with Gasteiger partial charge in [0.2, 0.25) is 5.91 Å². The van der Waals surface area contributed by atoms with Gasteiger partial charge in [-0.15, -0.1) is 0 Å². The number of benzene rings is 1. The fourth-order valence-electron chi connectivity index (χ4n) is 6.08. The molecule has 196 valence electrons. The molecular formula is C26H33N7O4. The number of carbonyl (C=O) groups excluding carboxylic acids is 3. The first-order valence-corrected chi connectivity index (χ1v) is 13.3. The molecule has 1 aromatic rings. The Hall–Kier alpha value is -3.15. The lowest BCUT2D eigenvalue weighted by Gasteiger charge is -2.35. The zero-order valence-corrected chi connectivity index (χ0v) is 20.9. The lowest BCUT2D eigenvalue weighted by atomic mass is 9.88. The molecule has 5 aliphatic rings. The van der Waals surface area contributed by atoms with Crippen molar-refractivity contribution in [2.24, 2.45) is 22.1 Å². The van der Waals surface area contributed by atoms with E-state index >= 15 is 0 Å². The molecule has 0 radical (unpaired) electrons. The molecule has 0 bridgehead atoms. The van der Waals surface area contributed by atoms with Gasteiger partial charge < -0.3 is 20.3 Å². The van der Waals surface area contributed by atoms with Gasteiger partial charge in [0.05, 0.1) is 41.7 Å². The third-order valence-corrected chi connectivity index (χ3v) is 8.05. The number of rotatable bonds is 4. The number of allylic oxidation sites excluding steroid dienone is 1. The van der Waals surface area contributed by atoms with Crippen LogP contribution in [0.1, 0.15) is 47.6 Å². The number of amides is 3. The number of fused-ring (bicyclic) bond motifs is 3. The molecule has 2 unspecified atom stereocenters. The number of likely N-dealkylation sites (tertiary alicyclic amines) is 1. The van der Waals surface area contributed by atoms with Crippen LogP contribution in [-0.2, 0) is 9.53 Å². The number of hydrogen-bond donors (Lipinski definition) is 3. The summed E-state index contributed by atoms with van der Waals surface area (Å²) in [6.07, 6.45) is 3.53. The van der Waals surface area contributed by atoms with E-state index in [1.807, 2.05) is 17.0 Å². The molecule has 1 aliphatic carbocycles. The minimum Gasteiger partial charge on any atom is -0.379 e. The lowest BCUT2D eigenvalue weighted by molar-refractivity contribution is -0.137. The average molecular weight is 508 g/mol. The van der Waals surface area contributed by atoms with E-state index in [1.54, 1.807) is 11.1 Å². The number of anilines is 1. The highest BCUT2D eigenvalue weighted by molar-refractivity contribution is 6.19. The first-order valence-electron chi connectivity index (χ1n) is 13.3. The van der Waals surface area contributed by atoms with Crippen molar-refractivity contribution in [3.63, 3.8) is 0 Å². The Labute approximate surface area is 215 Å². The van der Waals surface area contributed by atoms with Crippen LogP contribution in [0.25, 0.3) is 0 Å². The molecule has 3 fully saturated rings. The number of hydrazine groups is 1. The van der Waals surface area contributed by atoms with Gasteiger partial charge in [0, 0.05) is 38.6 Å². The number of urea groups is 1. The van der Waals surface area contributed by atoms with Gasteiger partial charge >= 0.3 is 6.03 Å². The van der Waals surface area contributed by atoms with E-state index in [2.05, 4.69) is 26.3 Å². The smallest absolute Gasteiger partial charge is 0.333 e. The van der Waals surface area contributed by atoms with E-state index in [0.717, 1.165) is 50.0 Å². The molecule has 0 saturated carbocycles. The number of nitrogens with zero attached hydrogens (tertiary/aromatic N) is 4. The number of hydrogen-bond acceptors (Lipinski definition) is 8. The third kappa shape index (κ3) is 4.67. The first kappa shape index (κ1) is 24.2. The Morgan fingerprint density at radius 1 is 1.08 bits per heavy atom. The summed E-state index contributed by atoms with van der Waals surface area (Å²) in [6.45, 7) is 5.44. The third-order valence-electron chi connectivity index (χ3n) is 8.05. The highest BCUT2D eigenvalue weighted by Gasteiger charge is 2.44. The maximum Gasteiger partial charge on any atom is 0.333 e. The fraction of sp³-hybridized carbons (Fsp3) is 0.577. The van der Waals surface area contributed by atoms with Gasteiger partial charge in [-0.2, -0.15) is 10.2 Å². The van der Waals surface area contributed by atoms with Gasteiger partial charge in [-0.05, 0) is 43.9 Å². The number of carbonyl (C=O) groups is 3. The van der Waals surface area contributed by atoms with Gasteiger partial charge in [0.15, 0.2) is 5.78 Å². The van der Waals surface area contributed by atoms with Gasteiger partial charge in [0.1, 0.15) is 6.04 Å². The van der Waals surface area contributed by atoms with Crippen LogP contribution in [-0.4, -0.2) is 80.1 Å². The average Bonchev–Trinajstić information content (AvgIpc) is 3.49.